The van der Waals surface area contributed by atoms with Crippen LogP contribution in [0.25, 0.3) is 0 Å². The molecule has 0 bridgehead atoms. The highest BCUT2D eigenvalue weighted by Crippen LogP contribution is 2.15. The molecule has 0 saturated carbocycles. The summed E-state index contributed by atoms with van der Waals surface area (Å²) in [4.78, 5) is 2.15. The number of sulfone groups is 1. The van der Waals surface area contributed by atoms with Crippen LogP contribution in [-0.4, -0.2) is 56.2 Å². The lowest BCUT2D eigenvalue weighted by molar-refractivity contribution is 0.125. The molecule has 1 unspecified atom stereocenters. The van der Waals surface area contributed by atoms with Gasteiger partial charge in [-0.25, -0.2) is 8.42 Å². The molecule has 90 valence electrons. The Bertz CT molecular complexity index is 276. The van der Waals surface area contributed by atoms with Crippen molar-refractivity contribution in [2.75, 3.05) is 37.7 Å². The average molecular weight is 235 g/mol. The largest absolute Gasteiger partial charge is 0.396 e. The Balaban J connectivity index is 2.33. The number of likely N-dealkylation sites (tertiary alicyclic amines) is 1. The summed E-state index contributed by atoms with van der Waals surface area (Å²) in [6.07, 6.45) is 2.13. The van der Waals surface area contributed by atoms with Crippen LogP contribution in [0.2, 0.25) is 0 Å². The van der Waals surface area contributed by atoms with E-state index in [0.717, 1.165) is 25.9 Å². The van der Waals surface area contributed by atoms with Crippen molar-refractivity contribution in [1.82, 2.24) is 4.90 Å². The van der Waals surface area contributed by atoms with E-state index in [0.29, 0.717) is 12.5 Å². The lowest BCUT2D eigenvalue weighted by Gasteiger charge is -2.31. The zero-order chi connectivity index (χ0) is 11.3. The second-order valence-corrected chi connectivity index (χ2v) is 6.70. The summed E-state index contributed by atoms with van der Waals surface area (Å²) in [5.74, 6) is 0.814. The summed E-state index contributed by atoms with van der Waals surface area (Å²) in [6, 6.07) is 0. The van der Waals surface area contributed by atoms with Crippen LogP contribution in [0.15, 0.2) is 0 Å². The highest BCUT2D eigenvalue weighted by molar-refractivity contribution is 7.91. The molecule has 1 rings (SSSR count). The Kier molecular flexibility index (Phi) is 5.02. The number of aliphatic hydroxyl groups is 1. The van der Waals surface area contributed by atoms with Gasteiger partial charge in [-0.2, -0.15) is 0 Å². The fraction of sp³-hybridized carbons (Fsp3) is 1.00. The van der Waals surface area contributed by atoms with Crippen molar-refractivity contribution >= 4 is 9.84 Å². The summed E-state index contributed by atoms with van der Waals surface area (Å²) >= 11 is 0. The van der Waals surface area contributed by atoms with Gasteiger partial charge in [-0.15, -0.1) is 0 Å². The standard InChI is InChI=1S/C10H21NO3S/c1-2-15(13,14)7-6-11-5-3-4-10(8-11)9-12/h10,12H,2-9H2,1H3. The molecule has 1 N–H and O–H groups in total. The zero-order valence-electron chi connectivity index (χ0n) is 9.35. The first kappa shape index (κ1) is 12.9. The maximum Gasteiger partial charge on any atom is 0.151 e. The summed E-state index contributed by atoms with van der Waals surface area (Å²) in [5, 5.41) is 9.04. The molecule has 0 amide bonds. The van der Waals surface area contributed by atoms with E-state index >= 15 is 0 Å². The molecule has 1 aliphatic rings. The molecule has 5 heteroatoms. The molecule has 1 heterocycles. The van der Waals surface area contributed by atoms with Gasteiger partial charge in [0.05, 0.1) is 5.75 Å². The number of aliphatic hydroxyl groups excluding tert-OH is 1. The summed E-state index contributed by atoms with van der Waals surface area (Å²) in [7, 11) is -2.85. The molecular formula is C10H21NO3S. The van der Waals surface area contributed by atoms with E-state index < -0.39 is 9.84 Å². The number of piperidine rings is 1. The van der Waals surface area contributed by atoms with E-state index in [2.05, 4.69) is 4.90 Å². The number of rotatable bonds is 5. The molecule has 1 fully saturated rings. The van der Waals surface area contributed by atoms with Crippen molar-refractivity contribution < 1.29 is 13.5 Å². The van der Waals surface area contributed by atoms with Gasteiger partial charge in [0, 0.05) is 25.4 Å². The quantitative estimate of drug-likeness (QED) is 0.735. The van der Waals surface area contributed by atoms with Gasteiger partial charge in [-0.05, 0) is 25.3 Å². The third kappa shape index (κ3) is 4.49. The second-order valence-electron chi connectivity index (χ2n) is 4.23. The Morgan fingerprint density at radius 3 is 2.80 bits per heavy atom. The predicted octanol–water partition coefficient (Wildman–Crippen LogP) is 0.125. The lowest BCUT2D eigenvalue weighted by Crippen LogP contribution is -2.39. The van der Waals surface area contributed by atoms with E-state index in [-0.39, 0.29) is 18.1 Å². The van der Waals surface area contributed by atoms with Crippen molar-refractivity contribution in [3.05, 3.63) is 0 Å². The highest BCUT2D eigenvalue weighted by atomic mass is 32.2. The van der Waals surface area contributed by atoms with Gasteiger partial charge in [-0.1, -0.05) is 6.92 Å². The summed E-state index contributed by atoms with van der Waals surface area (Å²) in [5.41, 5.74) is 0. The molecule has 1 aliphatic heterocycles. The van der Waals surface area contributed by atoms with Crippen LogP contribution in [0.3, 0.4) is 0 Å². The minimum Gasteiger partial charge on any atom is -0.396 e. The molecule has 4 nitrogen and oxygen atoms in total. The van der Waals surface area contributed by atoms with E-state index in [4.69, 9.17) is 5.11 Å². The smallest absolute Gasteiger partial charge is 0.151 e. The van der Waals surface area contributed by atoms with Crippen LogP contribution in [0.5, 0.6) is 0 Å². The molecule has 1 atom stereocenters. The van der Waals surface area contributed by atoms with E-state index in [1.165, 1.54) is 0 Å². The van der Waals surface area contributed by atoms with Gasteiger partial charge >= 0.3 is 0 Å². The third-order valence-electron chi connectivity index (χ3n) is 3.02. The molecule has 0 aromatic heterocycles. The van der Waals surface area contributed by atoms with Crippen LogP contribution < -0.4 is 0 Å². The van der Waals surface area contributed by atoms with Crippen molar-refractivity contribution in [2.45, 2.75) is 19.8 Å². The van der Waals surface area contributed by atoms with Gasteiger partial charge in [-0.3, -0.25) is 0 Å². The van der Waals surface area contributed by atoms with Crippen LogP contribution >= 0.6 is 0 Å². The number of hydrogen-bond acceptors (Lipinski definition) is 4. The van der Waals surface area contributed by atoms with Crippen LogP contribution in [0, 0.1) is 5.92 Å². The minimum atomic E-state index is -2.85. The molecule has 0 spiro atoms. The first-order valence-electron chi connectivity index (χ1n) is 5.61. The maximum atomic E-state index is 11.3. The van der Waals surface area contributed by atoms with Gasteiger partial charge in [0.1, 0.15) is 0 Å². The van der Waals surface area contributed by atoms with Crippen LogP contribution in [-0.2, 0) is 9.84 Å². The fourth-order valence-electron chi connectivity index (χ4n) is 1.92. The third-order valence-corrected chi connectivity index (χ3v) is 4.70. The van der Waals surface area contributed by atoms with E-state index in [1.807, 2.05) is 0 Å². The van der Waals surface area contributed by atoms with E-state index in [9.17, 15) is 8.42 Å². The van der Waals surface area contributed by atoms with Gasteiger partial charge in [0.15, 0.2) is 9.84 Å². The molecule has 0 aromatic rings. The summed E-state index contributed by atoms with van der Waals surface area (Å²) in [6.45, 7) is 4.33. The van der Waals surface area contributed by atoms with E-state index in [1.54, 1.807) is 6.92 Å². The monoisotopic (exact) mass is 235 g/mol. The molecule has 1 saturated heterocycles. The topological polar surface area (TPSA) is 57.6 Å². The Morgan fingerprint density at radius 1 is 1.47 bits per heavy atom. The Morgan fingerprint density at radius 2 is 2.20 bits per heavy atom. The SMILES string of the molecule is CCS(=O)(=O)CCN1CCCC(CO)C1. The fourth-order valence-corrected chi connectivity index (χ4v) is 2.74. The molecule has 0 radical (unpaired) electrons. The highest BCUT2D eigenvalue weighted by Gasteiger charge is 2.20. The Hall–Kier alpha value is -0.130. The molecule has 0 aromatic carbocycles. The number of nitrogens with zero attached hydrogens (tertiary/aromatic N) is 1. The van der Waals surface area contributed by atoms with Crippen molar-refractivity contribution in [1.29, 1.82) is 0 Å². The zero-order valence-corrected chi connectivity index (χ0v) is 10.2. The second kappa shape index (κ2) is 5.82. The predicted molar refractivity (Wildman–Crippen MR) is 60.6 cm³/mol. The maximum absolute atomic E-state index is 11.3. The molecular weight excluding hydrogens is 214 g/mol. The first-order valence-corrected chi connectivity index (χ1v) is 7.43. The van der Waals surface area contributed by atoms with Crippen molar-refractivity contribution in [3.8, 4) is 0 Å². The lowest BCUT2D eigenvalue weighted by atomic mass is 9.99. The Labute approximate surface area is 92.2 Å². The number of hydrogen-bond donors (Lipinski definition) is 1. The first-order chi connectivity index (χ1) is 7.07. The minimum absolute atomic E-state index is 0.219. The van der Waals surface area contributed by atoms with Gasteiger partial charge in [0.25, 0.3) is 0 Å². The summed E-state index contributed by atoms with van der Waals surface area (Å²) < 4.78 is 22.6. The molecule has 0 aliphatic carbocycles. The van der Waals surface area contributed by atoms with Crippen LogP contribution in [0.4, 0.5) is 0 Å². The average Bonchev–Trinajstić information content (AvgIpc) is 2.27. The van der Waals surface area contributed by atoms with Crippen LogP contribution in [0.1, 0.15) is 19.8 Å². The normalized spacial score (nSPS) is 24.3. The van der Waals surface area contributed by atoms with Crippen molar-refractivity contribution in [2.24, 2.45) is 5.92 Å². The van der Waals surface area contributed by atoms with Crippen molar-refractivity contribution in [3.63, 3.8) is 0 Å². The van der Waals surface area contributed by atoms with Gasteiger partial charge < -0.3 is 10.0 Å². The van der Waals surface area contributed by atoms with Gasteiger partial charge in [0.2, 0.25) is 0 Å². The molecule has 15 heavy (non-hydrogen) atoms.